The van der Waals surface area contributed by atoms with Gasteiger partial charge in [0, 0.05) is 12.8 Å². The maximum atomic E-state index is 10.7. The van der Waals surface area contributed by atoms with Crippen LogP contribution < -0.4 is 5.32 Å². The van der Waals surface area contributed by atoms with E-state index < -0.39 is 0 Å². The summed E-state index contributed by atoms with van der Waals surface area (Å²) in [6.07, 6.45) is 0.266. The molecule has 10 heavy (non-hydrogen) atoms. The number of carbonyl (C=O) groups is 2. The second-order valence-electron chi connectivity index (χ2n) is 2.64. The molecule has 54 valence electrons. The Bertz CT molecular complexity index is 163. The first-order valence-corrected chi connectivity index (χ1v) is 3.24. The number of rotatable bonds is 0. The van der Waals surface area contributed by atoms with Crippen LogP contribution in [0.2, 0.25) is 0 Å². The first kappa shape index (κ1) is 5.70. The highest BCUT2D eigenvalue weighted by atomic mass is 16.6. The zero-order valence-electron chi connectivity index (χ0n) is 5.29. The number of carbonyl (C=O) groups excluding carboxylic acids is 2. The third-order valence-corrected chi connectivity index (χ3v) is 1.89. The van der Waals surface area contributed by atoms with Gasteiger partial charge in [-0.3, -0.25) is 4.79 Å². The number of ketones is 1. The van der Waals surface area contributed by atoms with E-state index in [4.69, 9.17) is 4.74 Å². The Balaban J connectivity index is 2.12. The molecule has 1 saturated carbocycles. The van der Waals surface area contributed by atoms with Gasteiger partial charge in [-0.25, -0.2) is 4.79 Å². The molecule has 1 amide bonds. The van der Waals surface area contributed by atoms with Crippen molar-refractivity contribution in [1.82, 2.24) is 5.32 Å². The van der Waals surface area contributed by atoms with Gasteiger partial charge in [-0.2, -0.15) is 0 Å². The van der Waals surface area contributed by atoms with Crippen LogP contribution in [0.1, 0.15) is 12.8 Å². The lowest BCUT2D eigenvalue weighted by Crippen LogP contribution is -2.26. The van der Waals surface area contributed by atoms with Crippen LogP contribution in [0.4, 0.5) is 4.79 Å². The van der Waals surface area contributed by atoms with E-state index in [0.29, 0.717) is 12.8 Å². The topological polar surface area (TPSA) is 55.4 Å². The third-order valence-electron chi connectivity index (χ3n) is 1.89. The van der Waals surface area contributed by atoms with E-state index in [2.05, 4.69) is 5.32 Å². The van der Waals surface area contributed by atoms with Crippen molar-refractivity contribution in [3.63, 3.8) is 0 Å². The summed E-state index contributed by atoms with van der Waals surface area (Å²) in [7, 11) is 0. The van der Waals surface area contributed by atoms with E-state index in [1.807, 2.05) is 0 Å². The fraction of sp³-hybridized carbons (Fsp3) is 0.667. The Kier molecular flexibility index (Phi) is 0.977. The third kappa shape index (κ3) is 0.683. The standard InChI is InChI=1S/C6H7NO3/c8-3-1-4-5(2-3)10-6(9)7-4/h4-5H,1-2H2,(H,7,9). The summed E-state index contributed by atoms with van der Waals surface area (Å²) < 4.78 is 4.78. The van der Waals surface area contributed by atoms with E-state index >= 15 is 0 Å². The van der Waals surface area contributed by atoms with Crippen LogP contribution in [-0.4, -0.2) is 24.0 Å². The van der Waals surface area contributed by atoms with E-state index in [0.717, 1.165) is 0 Å². The van der Waals surface area contributed by atoms with Gasteiger partial charge in [0.2, 0.25) is 0 Å². The average Bonchev–Trinajstić information content (AvgIpc) is 2.21. The Morgan fingerprint density at radius 3 is 2.90 bits per heavy atom. The number of nitrogens with one attached hydrogen (secondary N) is 1. The largest absolute Gasteiger partial charge is 0.444 e. The second-order valence-corrected chi connectivity index (χ2v) is 2.64. The number of hydrogen-bond acceptors (Lipinski definition) is 3. The monoisotopic (exact) mass is 141 g/mol. The lowest BCUT2D eigenvalue weighted by molar-refractivity contribution is -0.118. The Morgan fingerprint density at radius 2 is 2.20 bits per heavy atom. The first-order valence-electron chi connectivity index (χ1n) is 3.24. The van der Waals surface area contributed by atoms with Crippen LogP contribution in [-0.2, 0) is 9.53 Å². The molecule has 2 fully saturated rings. The van der Waals surface area contributed by atoms with Crippen molar-refractivity contribution in [3.8, 4) is 0 Å². The summed E-state index contributed by atoms with van der Waals surface area (Å²) >= 11 is 0. The molecule has 2 aliphatic rings. The highest BCUT2D eigenvalue weighted by Crippen LogP contribution is 2.23. The quantitative estimate of drug-likeness (QED) is 0.509. The molecule has 1 saturated heterocycles. The van der Waals surface area contributed by atoms with E-state index in [9.17, 15) is 9.59 Å². The Morgan fingerprint density at radius 1 is 1.40 bits per heavy atom. The molecule has 1 heterocycles. The van der Waals surface area contributed by atoms with Crippen molar-refractivity contribution in [2.24, 2.45) is 0 Å². The van der Waals surface area contributed by atoms with Crippen molar-refractivity contribution < 1.29 is 14.3 Å². The number of fused-ring (bicyclic) bond motifs is 1. The van der Waals surface area contributed by atoms with Gasteiger partial charge in [0.05, 0.1) is 6.04 Å². The summed E-state index contributed by atoms with van der Waals surface area (Å²) in [6.45, 7) is 0. The van der Waals surface area contributed by atoms with Gasteiger partial charge < -0.3 is 10.1 Å². The van der Waals surface area contributed by atoms with E-state index in [1.54, 1.807) is 0 Å². The molecule has 1 N–H and O–H groups in total. The van der Waals surface area contributed by atoms with Gasteiger partial charge in [-0.05, 0) is 0 Å². The van der Waals surface area contributed by atoms with Crippen LogP contribution in [0.5, 0.6) is 0 Å². The molecule has 4 heteroatoms. The molecular formula is C6H7NO3. The number of ether oxygens (including phenoxy) is 1. The molecular weight excluding hydrogens is 134 g/mol. The molecule has 2 atom stereocenters. The minimum absolute atomic E-state index is 0.0417. The smallest absolute Gasteiger partial charge is 0.407 e. The maximum absolute atomic E-state index is 10.7. The van der Waals surface area contributed by atoms with Gasteiger partial charge in [0.25, 0.3) is 0 Å². The number of alkyl carbamates (subject to hydrolysis) is 1. The van der Waals surface area contributed by atoms with Crippen molar-refractivity contribution in [1.29, 1.82) is 0 Å². The molecule has 2 unspecified atom stereocenters. The van der Waals surface area contributed by atoms with Crippen molar-refractivity contribution in [2.75, 3.05) is 0 Å². The molecule has 0 aromatic rings. The van der Waals surface area contributed by atoms with Crippen molar-refractivity contribution in [2.45, 2.75) is 25.0 Å². The van der Waals surface area contributed by atoms with Crippen molar-refractivity contribution in [3.05, 3.63) is 0 Å². The molecule has 4 nitrogen and oxygen atoms in total. The molecule has 0 radical (unpaired) electrons. The van der Waals surface area contributed by atoms with Crippen LogP contribution in [0.3, 0.4) is 0 Å². The van der Waals surface area contributed by atoms with Crippen LogP contribution in [0, 0.1) is 0 Å². The molecule has 1 aliphatic heterocycles. The molecule has 0 spiro atoms. The summed E-state index contributed by atoms with van der Waals surface area (Å²) in [5, 5.41) is 2.56. The average molecular weight is 141 g/mol. The fourth-order valence-corrected chi connectivity index (χ4v) is 1.42. The normalized spacial score (nSPS) is 37.2. The summed E-state index contributed by atoms with van der Waals surface area (Å²) in [5.74, 6) is 0.176. The summed E-state index contributed by atoms with van der Waals surface area (Å²) in [4.78, 5) is 21.3. The summed E-state index contributed by atoms with van der Waals surface area (Å²) in [5.41, 5.74) is 0. The number of amides is 1. The van der Waals surface area contributed by atoms with Gasteiger partial charge >= 0.3 is 6.09 Å². The zero-order chi connectivity index (χ0) is 7.14. The van der Waals surface area contributed by atoms with Gasteiger partial charge in [0.1, 0.15) is 11.9 Å². The van der Waals surface area contributed by atoms with E-state index in [1.165, 1.54) is 0 Å². The van der Waals surface area contributed by atoms with Gasteiger partial charge in [-0.15, -0.1) is 0 Å². The number of hydrogen-bond donors (Lipinski definition) is 1. The lowest BCUT2D eigenvalue weighted by atomic mass is 10.2. The Hall–Kier alpha value is -1.06. The van der Waals surface area contributed by atoms with Crippen LogP contribution in [0.15, 0.2) is 0 Å². The molecule has 1 aliphatic carbocycles. The summed E-state index contributed by atoms with van der Waals surface area (Å²) in [6, 6.07) is -0.0417. The minimum atomic E-state index is -0.387. The second kappa shape index (κ2) is 1.71. The van der Waals surface area contributed by atoms with Crippen molar-refractivity contribution >= 4 is 11.9 Å². The highest BCUT2D eigenvalue weighted by Gasteiger charge is 2.41. The predicted molar refractivity (Wildman–Crippen MR) is 31.4 cm³/mol. The number of Topliss-reactive ketones (excluding diaryl/α,β-unsaturated/α-hetero) is 1. The molecule has 0 aromatic heterocycles. The molecule has 0 aromatic carbocycles. The van der Waals surface area contributed by atoms with Crippen LogP contribution >= 0.6 is 0 Å². The molecule has 2 rings (SSSR count). The SMILES string of the molecule is O=C1CC2NC(=O)OC2C1. The Labute approximate surface area is 57.5 Å². The maximum Gasteiger partial charge on any atom is 0.407 e. The van der Waals surface area contributed by atoms with E-state index in [-0.39, 0.29) is 24.0 Å². The highest BCUT2D eigenvalue weighted by molar-refractivity contribution is 5.85. The lowest BCUT2D eigenvalue weighted by Gasteiger charge is -2.00. The minimum Gasteiger partial charge on any atom is -0.444 e. The first-order chi connectivity index (χ1) is 4.75. The zero-order valence-corrected chi connectivity index (χ0v) is 5.29. The fourth-order valence-electron chi connectivity index (χ4n) is 1.42. The predicted octanol–water partition coefficient (Wildman–Crippen LogP) is -0.174. The molecule has 0 bridgehead atoms. The van der Waals surface area contributed by atoms with Crippen LogP contribution in [0.25, 0.3) is 0 Å². The van der Waals surface area contributed by atoms with Gasteiger partial charge in [-0.1, -0.05) is 0 Å². The van der Waals surface area contributed by atoms with Gasteiger partial charge in [0.15, 0.2) is 0 Å².